The number of anilines is 1. The van der Waals surface area contributed by atoms with Crippen LogP contribution in [0.2, 0.25) is 10.0 Å². The summed E-state index contributed by atoms with van der Waals surface area (Å²) in [6.07, 6.45) is 1.75. The van der Waals surface area contributed by atoms with E-state index < -0.39 is 0 Å². The zero-order chi connectivity index (χ0) is 22.1. The third kappa shape index (κ3) is 4.72. The first-order valence-electron chi connectivity index (χ1n) is 11.0. The van der Waals surface area contributed by atoms with Crippen molar-refractivity contribution in [3.05, 3.63) is 62.6 Å². The Balaban J connectivity index is 1.39. The van der Waals surface area contributed by atoms with E-state index in [1.165, 1.54) is 29.5 Å². The van der Waals surface area contributed by atoms with Gasteiger partial charge in [0.2, 0.25) is 0 Å². The molecule has 0 bridgehead atoms. The number of piperidine rings is 1. The van der Waals surface area contributed by atoms with Crippen LogP contribution in [-0.4, -0.2) is 44.2 Å². The number of likely N-dealkylation sites (tertiary alicyclic amines) is 1. The number of esters is 1. The van der Waals surface area contributed by atoms with E-state index in [0.29, 0.717) is 5.92 Å². The Morgan fingerprint density at radius 3 is 2.19 bits per heavy atom. The van der Waals surface area contributed by atoms with E-state index in [9.17, 15) is 4.79 Å². The van der Waals surface area contributed by atoms with Crippen LogP contribution in [0.3, 0.4) is 0 Å². The quantitative estimate of drug-likeness (QED) is 0.543. The number of carbonyl (C=O) groups is 1. The van der Waals surface area contributed by atoms with Crippen molar-refractivity contribution in [2.45, 2.75) is 39.2 Å². The standard InChI is InChI=1S/C25H30Cl2N2O2/c1-16-11-18(13-28-9-7-19(8-10-28)25(30)31-3)12-17(2)24(16)29-14-20(15-29)23-21(26)5-4-6-22(23)27/h4-6,11-12,19-20H,7-10,13-15H2,1-3H3. The molecule has 31 heavy (non-hydrogen) atoms. The van der Waals surface area contributed by atoms with Gasteiger partial charge in [-0.15, -0.1) is 0 Å². The van der Waals surface area contributed by atoms with Crippen LogP contribution in [-0.2, 0) is 16.1 Å². The van der Waals surface area contributed by atoms with Gasteiger partial charge in [-0.3, -0.25) is 9.69 Å². The van der Waals surface area contributed by atoms with E-state index in [-0.39, 0.29) is 11.9 Å². The van der Waals surface area contributed by atoms with Crippen LogP contribution in [0.1, 0.15) is 41.0 Å². The lowest BCUT2D eigenvalue weighted by Crippen LogP contribution is -2.46. The van der Waals surface area contributed by atoms with Gasteiger partial charge in [-0.1, -0.05) is 41.4 Å². The molecule has 2 aliphatic heterocycles. The summed E-state index contributed by atoms with van der Waals surface area (Å²) >= 11 is 12.8. The van der Waals surface area contributed by atoms with Crippen LogP contribution >= 0.6 is 23.2 Å². The first-order valence-corrected chi connectivity index (χ1v) is 11.7. The first-order chi connectivity index (χ1) is 14.9. The average Bonchev–Trinajstić information content (AvgIpc) is 2.70. The molecule has 2 aromatic carbocycles. The molecule has 2 heterocycles. The normalized spacial score (nSPS) is 18.2. The minimum Gasteiger partial charge on any atom is -0.469 e. The Labute approximate surface area is 195 Å². The number of ether oxygens (including phenoxy) is 1. The molecule has 4 nitrogen and oxygen atoms in total. The Morgan fingerprint density at radius 2 is 1.65 bits per heavy atom. The molecule has 2 aromatic rings. The zero-order valence-electron chi connectivity index (χ0n) is 18.5. The highest BCUT2D eigenvalue weighted by atomic mass is 35.5. The Hall–Kier alpha value is -1.75. The molecule has 166 valence electrons. The van der Waals surface area contributed by atoms with Gasteiger partial charge in [0.05, 0.1) is 13.0 Å². The molecular formula is C25H30Cl2N2O2. The molecule has 0 atom stereocenters. The molecule has 0 aliphatic carbocycles. The zero-order valence-corrected chi connectivity index (χ0v) is 20.0. The van der Waals surface area contributed by atoms with Crippen LogP contribution in [0, 0.1) is 19.8 Å². The van der Waals surface area contributed by atoms with Crippen molar-refractivity contribution in [3.8, 4) is 0 Å². The van der Waals surface area contributed by atoms with Gasteiger partial charge in [0, 0.05) is 41.3 Å². The molecule has 6 heteroatoms. The van der Waals surface area contributed by atoms with E-state index in [0.717, 1.165) is 61.2 Å². The Bertz CT molecular complexity index is 921. The Morgan fingerprint density at radius 1 is 1.06 bits per heavy atom. The van der Waals surface area contributed by atoms with Crippen molar-refractivity contribution in [1.82, 2.24) is 4.90 Å². The number of benzene rings is 2. The molecule has 0 saturated carbocycles. The van der Waals surface area contributed by atoms with Crippen LogP contribution in [0.4, 0.5) is 5.69 Å². The molecule has 2 saturated heterocycles. The lowest BCUT2D eigenvalue weighted by Gasteiger charge is -2.43. The van der Waals surface area contributed by atoms with Gasteiger partial charge in [-0.05, 0) is 74.2 Å². The van der Waals surface area contributed by atoms with Gasteiger partial charge in [0.15, 0.2) is 0 Å². The molecule has 2 aliphatic rings. The molecule has 0 amide bonds. The third-order valence-electron chi connectivity index (χ3n) is 6.68. The predicted molar refractivity (Wildman–Crippen MR) is 127 cm³/mol. The van der Waals surface area contributed by atoms with Gasteiger partial charge in [0.1, 0.15) is 0 Å². The van der Waals surface area contributed by atoms with Crippen molar-refractivity contribution in [2.75, 3.05) is 38.2 Å². The minimum atomic E-state index is -0.0679. The van der Waals surface area contributed by atoms with Crippen molar-refractivity contribution >= 4 is 34.9 Å². The molecule has 0 aromatic heterocycles. The number of carbonyl (C=O) groups excluding carboxylic acids is 1. The number of nitrogens with zero attached hydrogens (tertiary/aromatic N) is 2. The number of rotatable bonds is 5. The van der Waals surface area contributed by atoms with Crippen LogP contribution in [0.5, 0.6) is 0 Å². The maximum Gasteiger partial charge on any atom is 0.308 e. The van der Waals surface area contributed by atoms with E-state index >= 15 is 0 Å². The van der Waals surface area contributed by atoms with E-state index in [1.54, 1.807) is 0 Å². The van der Waals surface area contributed by atoms with E-state index in [2.05, 4.69) is 35.8 Å². The molecule has 0 unspecified atom stereocenters. The summed E-state index contributed by atoms with van der Waals surface area (Å²) in [6, 6.07) is 10.4. The van der Waals surface area contributed by atoms with Gasteiger partial charge >= 0.3 is 5.97 Å². The lowest BCUT2D eigenvalue weighted by atomic mass is 9.89. The SMILES string of the molecule is COC(=O)C1CCN(Cc2cc(C)c(N3CC(c4c(Cl)cccc4Cl)C3)c(C)c2)CC1. The highest BCUT2D eigenvalue weighted by molar-refractivity contribution is 6.36. The summed E-state index contributed by atoms with van der Waals surface area (Å²) in [5.74, 6) is 0.357. The first kappa shape index (κ1) is 22.4. The molecular weight excluding hydrogens is 431 g/mol. The molecule has 2 fully saturated rings. The largest absolute Gasteiger partial charge is 0.469 e. The van der Waals surface area contributed by atoms with Gasteiger partial charge in [0.25, 0.3) is 0 Å². The van der Waals surface area contributed by atoms with Gasteiger partial charge < -0.3 is 9.64 Å². The maximum atomic E-state index is 11.7. The molecule has 0 N–H and O–H groups in total. The molecule has 0 radical (unpaired) electrons. The summed E-state index contributed by atoms with van der Waals surface area (Å²) < 4.78 is 4.90. The highest BCUT2D eigenvalue weighted by Crippen LogP contribution is 2.41. The molecule has 4 rings (SSSR count). The van der Waals surface area contributed by atoms with Crippen molar-refractivity contribution in [2.24, 2.45) is 5.92 Å². The second-order valence-corrected chi connectivity index (χ2v) is 9.70. The number of halogens is 2. The average molecular weight is 461 g/mol. The fraction of sp³-hybridized carbons (Fsp3) is 0.480. The monoisotopic (exact) mass is 460 g/mol. The minimum absolute atomic E-state index is 0.0538. The number of hydrogen-bond acceptors (Lipinski definition) is 4. The summed E-state index contributed by atoms with van der Waals surface area (Å²) in [6.45, 7) is 9.07. The van der Waals surface area contributed by atoms with Crippen LogP contribution in [0.25, 0.3) is 0 Å². The second-order valence-electron chi connectivity index (χ2n) is 8.89. The summed E-state index contributed by atoms with van der Waals surface area (Å²) in [5.41, 5.74) is 6.35. The maximum absolute atomic E-state index is 11.7. The number of methoxy groups -OCH3 is 1. The predicted octanol–water partition coefficient (Wildman–Crippen LogP) is 5.60. The summed E-state index contributed by atoms with van der Waals surface area (Å²) in [5, 5.41) is 1.52. The topological polar surface area (TPSA) is 32.8 Å². The van der Waals surface area contributed by atoms with Gasteiger partial charge in [-0.2, -0.15) is 0 Å². The van der Waals surface area contributed by atoms with Crippen molar-refractivity contribution in [1.29, 1.82) is 0 Å². The molecule has 0 spiro atoms. The van der Waals surface area contributed by atoms with Crippen molar-refractivity contribution < 1.29 is 9.53 Å². The summed E-state index contributed by atoms with van der Waals surface area (Å²) in [4.78, 5) is 16.6. The second kappa shape index (κ2) is 9.40. The van der Waals surface area contributed by atoms with Crippen LogP contribution in [0.15, 0.2) is 30.3 Å². The summed E-state index contributed by atoms with van der Waals surface area (Å²) in [7, 11) is 1.48. The highest BCUT2D eigenvalue weighted by Gasteiger charge is 2.33. The van der Waals surface area contributed by atoms with Crippen molar-refractivity contribution in [3.63, 3.8) is 0 Å². The van der Waals surface area contributed by atoms with E-state index in [4.69, 9.17) is 27.9 Å². The number of aryl methyl sites for hydroxylation is 2. The Kier molecular flexibility index (Phi) is 6.80. The third-order valence-corrected chi connectivity index (χ3v) is 7.34. The van der Waals surface area contributed by atoms with Gasteiger partial charge in [-0.25, -0.2) is 0 Å². The lowest BCUT2D eigenvalue weighted by molar-refractivity contribution is -0.147. The fourth-order valence-corrected chi connectivity index (χ4v) is 5.84. The number of hydrogen-bond donors (Lipinski definition) is 0. The van der Waals surface area contributed by atoms with E-state index in [1.807, 2.05) is 18.2 Å². The smallest absolute Gasteiger partial charge is 0.308 e. The fourth-order valence-electron chi connectivity index (χ4n) is 5.13. The van der Waals surface area contributed by atoms with Crippen LogP contribution < -0.4 is 4.90 Å².